The van der Waals surface area contributed by atoms with Gasteiger partial charge in [0.2, 0.25) is 4.77 Å². The number of nitrogens with zero attached hydrogens (tertiary/aromatic N) is 2. The molecule has 0 aliphatic heterocycles. The summed E-state index contributed by atoms with van der Waals surface area (Å²) in [5.41, 5.74) is 4.55. The van der Waals surface area contributed by atoms with Crippen molar-refractivity contribution in [1.29, 1.82) is 0 Å². The second-order valence-electron chi connectivity index (χ2n) is 5.80. The zero-order chi connectivity index (χ0) is 19.2. The summed E-state index contributed by atoms with van der Waals surface area (Å²) in [5, 5.41) is 6.80. The molecule has 1 heterocycles. The van der Waals surface area contributed by atoms with Gasteiger partial charge in [-0.25, -0.2) is 9.07 Å². The number of hydrogen-bond acceptors (Lipinski definition) is 5. The van der Waals surface area contributed by atoms with E-state index in [4.69, 9.17) is 21.7 Å². The van der Waals surface area contributed by atoms with Crippen molar-refractivity contribution in [3.63, 3.8) is 0 Å². The predicted molar refractivity (Wildman–Crippen MR) is 104 cm³/mol. The molecule has 0 aliphatic carbocycles. The number of hydrogen-bond donors (Lipinski definition) is 2. The standard InChI is InChI=1S/C19H21FN4O2S/c1-3-25-17-10-6-8-14(11-21-24-13(2)22-23-19(24)27)18(17)26-12-15-7-4-5-9-16(15)20/h4-10,21H,3,11-12H2,1-2H3,(H,23,27). The second kappa shape index (κ2) is 8.68. The molecule has 3 rings (SSSR count). The molecule has 0 unspecified atom stereocenters. The van der Waals surface area contributed by atoms with Gasteiger partial charge in [-0.15, -0.1) is 0 Å². The van der Waals surface area contributed by atoms with E-state index in [1.54, 1.807) is 22.9 Å². The molecule has 0 bridgehead atoms. The predicted octanol–water partition coefficient (Wildman–Crippen LogP) is 4.11. The highest BCUT2D eigenvalue weighted by Crippen LogP contribution is 2.32. The van der Waals surface area contributed by atoms with E-state index in [0.29, 0.717) is 35.0 Å². The average Bonchev–Trinajstić information content (AvgIpc) is 2.98. The van der Waals surface area contributed by atoms with Crippen molar-refractivity contribution in [2.45, 2.75) is 27.0 Å². The van der Waals surface area contributed by atoms with Crippen LogP contribution < -0.4 is 14.9 Å². The maximum Gasteiger partial charge on any atom is 0.214 e. The fraction of sp³-hybridized carbons (Fsp3) is 0.263. The molecular formula is C19H21FN4O2S. The first-order valence-electron chi connectivity index (χ1n) is 8.59. The largest absolute Gasteiger partial charge is 0.490 e. The fourth-order valence-electron chi connectivity index (χ4n) is 2.62. The van der Waals surface area contributed by atoms with Gasteiger partial charge in [0, 0.05) is 11.1 Å². The summed E-state index contributed by atoms with van der Waals surface area (Å²) < 4.78 is 27.7. The Labute approximate surface area is 161 Å². The summed E-state index contributed by atoms with van der Waals surface area (Å²) in [7, 11) is 0. The summed E-state index contributed by atoms with van der Waals surface area (Å²) in [6.45, 7) is 4.78. The van der Waals surface area contributed by atoms with Crippen molar-refractivity contribution in [2.24, 2.45) is 0 Å². The summed E-state index contributed by atoms with van der Waals surface area (Å²) in [6, 6.07) is 12.2. The molecule has 0 fully saturated rings. The third kappa shape index (κ3) is 4.46. The zero-order valence-corrected chi connectivity index (χ0v) is 16.0. The summed E-state index contributed by atoms with van der Waals surface area (Å²) in [5.74, 6) is 1.60. The molecule has 142 valence electrons. The molecule has 2 N–H and O–H groups in total. The van der Waals surface area contributed by atoms with E-state index >= 15 is 0 Å². The van der Waals surface area contributed by atoms with E-state index in [-0.39, 0.29) is 12.4 Å². The highest BCUT2D eigenvalue weighted by atomic mass is 32.1. The van der Waals surface area contributed by atoms with E-state index in [0.717, 1.165) is 11.4 Å². The van der Waals surface area contributed by atoms with Crippen LogP contribution in [-0.2, 0) is 13.2 Å². The second-order valence-corrected chi connectivity index (χ2v) is 6.19. The van der Waals surface area contributed by atoms with Crippen molar-refractivity contribution < 1.29 is 13.9 Å². The quantitative estimate of drug-likeness (QED) is 0.569. The van der Waals surface area contributed by atoms with Crippen LogP contribution in [-0.4, -0.2) is 21.5 Å². The van der Waals surface area contributed by atoms with Crippen LogP contribution >= 0.6 is 12.2 Å². The van der Waals surface area contributed by atoms with E-state index in [2.05, 4.69) is 15.6 Å². The Kier molecular flexibility index (Phi) is 6.08. The molecule has 27 heavy (non-hydrogen) atoms. The van der Waals surface area contributed by atoms with Gasteiger partial charge in [0.05, 0.1) is 13.2 Å². The van der Waals surface area contributed by atoms with Crippen molar-refractivity contribution in [2.75, 3.05) is 12.0 Å². The molecule has 0 atom stereocenters. The van der Waals surface area contributed by atoms with Crippen LogP contribution in [0.2, 0.25) is 0 Å². The van der Waals surface area contributed by atoms with Gasteiger partial charge in [-0.2, -0.15) is 5.10 Å². The smallest absolute Gasteiger partial charge is 0.214 e. The molecule has 8 heteroatoms. The highest BCUT2D eigenvalue weighted by Gasteiger charge is 2.13. The Bertz CT molecular complexity index is 970. The first-order valence-corrected chi connectivity index (χ1v) is 8.99. The number of aryl methyl sites for hydroxylation is 1. The Morgan fingerprint density at radius 3 is 2.63 bits per heavy atom. The van der Waals surface area contributed by atoms with E-state index in [9.17, 15) is 4.39 Å². The maximum atomic E-state index is 13.9. The van der Waals surface area contributed by atoms with Crippen molar-refractivity contribution >= 4 is 12.2 Å². The molecular weight excluding hydrogens is 367 g/mol. The molecule has 0 amide bonds. The van der Waals surface area contributed by atoms with Crippen molar-refractivity contribution in [1.82, 2.24) is 14.9 Å². The molecule has 1 aromatic heterocycles. The van der Waals surface area contributed by atoms with E-state index < -0.39 is 0 Å². The third-order valence-corrected chi connectivity index (χ3v) is 4.23. The van der Waals surface area contributed by atoms with Gasteiger partial charge in [0.1, 0.15) is 18.2 Å². The Hall–Kier alpha value is -2.87. The number of halogens is 1. The number of aromatic nitrogens is 3. The molecule has 0 spiro atoms. The van der Waals surface area contributed by atoms with E-state index in [1.165, 1.54) is 6.07 Å². The minimum atomic E-state index is -0.300. The van der Waals surface area contributed by atoms with Crippen LogP contribution in [0.3, 0.4) is 0 Å². The normalized spacial score (nSPS) is 10.6. The minimum absolute atomic E-state index is 0.105. The molecule has 2 aromatic carbocycles. The van der Waals surface area contributed by atoms with Crippen molar-refractivity contribution in [3.05, 3.63) is 70.0 Å². The van der Waals surface area contributed by atoms with Crippen LogP contribution in [0.1, 0.15) is 23.9 Å². The van der Waals surface area contributed by atoms with Gasteiger partial charge in [-0.1, -0.05) is 30.3 Å². The third-order valence-electron chi connectivity index (χ3n) is 3.96. The molecule has 3 aromatic rings. The van der Waals surface area contributed by atoms with Gasteiger partial charge in [0.15, 0.2) is 11.5 Å². The lowest BCUT2D eigenvalue weighted by Crippen LogP contribution is -2.17. The summed E-state index contributed by atoms with van der Waals surface area (Å²) >= 11 is 5.20. The van der Waals surface area contributed by atoms with Gasteiger partial charge >= 0.3 is 0 Å². The van der Waals surface area contributed by atoms with Crippen LogP contribution in [0, 0.1) is 17.5 Å². The number of ether oxygens (including phenoxy) is 2. The van der Waals surface area contributed by atoms with Crippen LogP contribution in [0.25, 0.3) is 0 Å². The molecule has 0 saturated heterocycles. The summed E-state index contributed by atoms with van der Waals surface area (Å²) in [4.78, 5) is 0. The van der Waals surface area contributed by atoms with Crippen LogP contribution in [0.4, 0.5) is 4.39 Å². The Morgan fingerprint density at radius 1 is 1.15 bits per heavy atom. The molecule has 6 nitrogen and oxygen atoms in total. The van der Waals surface area contributed by atoms with Gasteiger partial charge in [0.25, 0.3) is 0 Å². The van der Waals surface area contributed by atoms with Crippen LogP contribution in [0.15, 0.2) is 42.5 Å². The fourth-order valence-corrected chi connectivity index (χ4v) is 2.87. The van der Waals surface area contributed by atoms with Crippen molar-refractivity contribution in [3.8, 4) is 11.5 Å². The monoisotopic (exact) mass is 388 g/mol. The lowest BCUT2D eigenvalue weighted by atomic mass is 10.1. The number of nitrogens with one attached hydrogen (secondary N) is 2. The van der Waals surface area contributed by atoms with Gasteiger partial charge in [-0.05, 0) is 38.2 Å². The number of benzene rings is 2. The SMILES string of the molecule is CCOc1cccc(CNn2c(C)n[nH]c2=S)c1OCc1ccccc1F. The lowest BCUT2D eigenvalue weighted by Gasteiger charge is -2.17. The topological polar surface area (TPSA) is 64.1 Å². The summed E-state index contributed by atoms with van der Waals surface area (Å²) in [6.07, 6.45) is 0. The number of para-hydroxylation sites is 1. The molecule has 0 saturated carbocycles. The first-order chi connectivity index (χ1) is 13.1. The van der Waals surface area contributed by atoms with Gasteiger partial charge < -0.3 is 14.9 Å². The average molecular weight is 388 g/mol. The Balaban J connectivity index is 1.83. The first kappa shape index (κ1) is 18.9. The number of H-pyrrole nitrogens is 1. The molecule has 0 radical (unpaired) electrons. The zero-order valence-electron chi connectivity index (χ0n) is 15.2. The van der Waals surface area contributed by atoms with Gasteiger partial charge in [-0.3, -0.25) is 5.10 Å². The van der Waals surface area contributed by atoms with Crippen LogP contribution in [0.5, 0.6) is 11.5 Å². The number of rotatable bonds is 8. The maximum absolute atomic E-state index is 13.9. The minimum Gasteiger partial charge on any atom is -0.490 e. The lowest BCUT2D eigenvalue weighted by molar-refractivity contribution is 0.263. The number of aromatic amines is 1. The highest BCUT2D eigenvalue weighted by molar-refractivity contribution is 7.71. The Morgan fingerprint density at radius 2 is 1.93 bits per heavy atom. The molecule has 0 aliphatic rings. The van der Waals surface area contributed by atoms with E-state index in [1.807, 2.05) is 32.0 Å².